The average molecular weight is 305 g/mol. The molecule has 0 aliphatic rings. The summed E-state index contributed by atoms with van der Waals surface area (Å²) in [6, 6.07) is 6.68. The van der Waals surface area contributed by atoms with Gasteiger partial charge in [0.05, 0.1) is 12.1 Å². The second kappa shape index (κ2) is 6.69. The van der Waals surface area contributed by atoms with Crippen LogP contribution in [0.25, 0.3) is 0 Å². The predicted octanol–water partition coefficient (Wildman–Crippen LogP) is 3.39. The van der Waals surface area contributed by atoms with Gasteiger partial charge in [0, 0.05) is 16.8 Å². The summed E-state index contributed by atoms with van der Waals surface area (Å²) in [6.45, 7) is 5.58. The Labute approximate surface area is 128 Å². The minimum Gasteiger partial charge on any atom is -0.389 e. The van der Waals surface area contributed by atoms with Crippen LogP contribution in [0, 0.1) is 6.92 Å². The molecule has 0 bridgehead atoms. The van der Waals surface area contributed by atoms with Crippen LogP contribution in [0.3, 0.4) is 0 Å². The predicted molar refractivity (Wildman–Crippen MR) is 84.5 cm³/mol. The van der Waals surface area contributed by atoms with Gasteiger partial charge in [-0.2, -0.15) is 0 Å². The first-order valence-corrected chi connectivity index (χ1v) is 7.55. The molecule has 0 radical (unpaired) electrons. The molecule has 5 nitrogen and oxygen atoms in total. The van der Waals surface area contributed by atoms with Crippen molar-refractivity contribution in [2.75, 3.05) is 5.32 Å². The minimum atomic E-state index is -0.513. The number of benzene rings is 1. The Balaban J connectivity index is 1.92. The highest BCUT2D eigenvalue weighted by Gasteiger charge is 2.12. The zero-order valence-electron chi connectivity index (χ0n) is 12.3. The SMILES string of the molecule is Cc1cnc(C(C)NC(=O)Nc2ccc(C(C)O)cc2)s1. The van der Waals surface area contributed by atoms with Gasteiger partial charge in [-0.1, -0.05) is 12.1 Å². The molecule has 2 rings (SSSR count). The van der Waals surface area contributed by atoms with E-state index in [-0.39, 0.29) is 12.1 Å². The summed E-state index contributed by atoms with van der Waals surface area (Å²) in [5, 5.41) is 15.9. The van der Waals surface area contributed by atoms with Gasteiger partial charge >= 0.3 is 6.03 Å². The second-order valence-electron chi connectivity index (χ2n) is 4.93. The van der Waals surface area contributed by atoms with Crippen LogP contribution < -0.4 is 10.6 Å². The number of rotatable bonds is 4. The lowest BCUT2D eigenvalue weighted by molar-refractivity contribution is 0.199. The number of urea groups is 1. The standard InChI is InChI=1S/C15H19N3O2S/c1-9-8-16-14(21-9)10(2)17-15(20)18-13-6-4-12(5-7-13)11(3)19/h4-8,10-11,19H,1-3H3,(H2,17,18,20). The van der Waals surface area contributed by atoms with Crippen LogP contribution in [0.1, 0.15) is 41.4 Å². The summed E-state index contributed by atoms with van der Waals surface area (Å²) in [6.07, 6.45) is 1.28. The van der Waals surface area contributed by atoms with E-state index < -0.39 is 6.10 Å². The van der Waals surface area contributed by atoms with Gasteiger partial charge in [-0.3, -0.25) is 0 Å². The Kier molecular flexibility index (Phi) is 4.93. The van der Waals surface area contributed by atoms with Crippen LogP contribution in [-0.4, -0.2) is 16.1 Å². The number of hydrogen-bond donors (Lipinski definition) is 3. The van der Waals surface area contributed by atoms with Crippen molar-refractivity contribution < 1.29 is 9.90 Å². The van der Waals surface area contributed by atoms with E-state index in [1.807, 2.05) is 13.8 Å². The van der Waals surface area contributed by atoms with Gasteiger partial charge in [0.25, 0.3) is 0 Å². The number of aliphatic hydroxyl groups is 1. The number of aryl methyl sites for hydroxylation is 1. The van der Waals surface area contributed by atoms with Crippen LogP contribution in [0.4, 0.5) is 10.5 Å². The normalized spacial score (nSPS) is 13.5. The van der Waals surface area contributed by atoms with Crippen molar-refractivity contribution in [3.05, 3.63) is 45.9 Å². The summed E-state index contributed by atoms with van der Waals surface area (Å²) >= 11 is 1.57. The van der Waals surface area contributed by atoms with Gasteiger partial charge in [-0.25, -0.2) is 9.78 Å². The lowest BCUT2D eigenvalue weighted by Gasteiger charge is -2.13. The highest BCUT2D eigenvalue weighted by molar-refractivity contribution is 7.11. The second-order valence-corrected chi connectivity index (χ2v) is 6.19. The Morgan fingerprint density at radius 3 is 2.48 bits per heavy atom. The molecule has 0 fully saturated rings. The number of carbonyl (C=O) groups excluding carboxylic acids is 1. The fourth-order valence-electron chi connectivity index (χ4n) is 1.84. The molecule has 3 N–H and O–H groups in total. The molecule has 1 heterocycles. The lowest BCUT2D eigenvalue weighted by Crippen LogP contribution is -2.31. The number of thiazole rings is 1. The number of amides is 2. The summed E-state index contributed by atoms with van der Waals surface area (Å²) in [5.41, 5.74) is 1.49. The third-order valence-corrected chi connectivity index (χ3v) is 4.10. The first kappa shape index (κ1) is 15.5. The van der Waals surface area contributed by atoms with Crippen molar-refractivity contribution in [3.8, 4) is 0 Å². The number of aliphatic hydroxyl groups excluding tert-OH is 1. The zero-order valence-corrected chi connectivity index (χ0v) is 13.1. The molecule has 112 valence electrons. The molecule has 2 aromatic rings. The van der Waals surface area contributed by atoms with Gasteiger partial charge < -0.3 is 15.7 Å². The van der Waals surface area contributed by atoms with Gasteiger partial charge in [-0.05, 0) is 38.5 Å². The fraction of sp³-hybridized carbons (Fsp3) is 0.333. The maximum Gasteiger partial charge on any atom is 0.319 e. The van der Waals surface area contributed by atoms with Crippen LogP contribution in [0.15, 0.2) is 30.5 Å². The fourth-order valence-corrected chi connectivity index (χ4v) is 2.62. The third-order valence-electron chi connectivity index (χ3n) is 3.01. The number of aromatic nitrogens is 1. The third kappa shape index (κ3) is 4.27. The number of nitrogens with zero attached hydrogens (tertiary/aromatic N) is 1. The van der Waals surface area contributed by atoms with Crippen LogP contribution >= 0.6 is 11.3 Å². The maximum atomic E-state index is 11.9. The van der Waals surface area contributed by atoms with Crippen LogP contribution in [0.5, 0.6) is 0 Å². The summed E-state index contributed by atoms with van der Waals surface area (Å²) in [7, 11) is 0. The van der Waals surface area contributed by atoms with E-state index in [4.69, 9.17) is 0 Å². The molecule has 2 unspecified atom stereocenters. The van der Waals surface area contributed by atoms with Crippen molar-refractivity contribution in [1.82, 2.24) is 10.3 Å². The Morgan fingerprint density at radius 2 is 1.95 bits per heavy atom. The highest BCUT2D eigenvalue weighted by Crippen LogP contribution is 2.19. The van der Waals surface area contributed by atoms with Gasteiger partial charge in [-0.15, -0.1) is 11.3 Å². The molecule has 0 saturated carbocycles. The number of anilines is 1. The monoisotopic (exact) mass is 305 g/mol. The largest absolute Gasteiger partial charge is 0.389 e. The van der Waals surface area contributed by atoms with Gasteiger partial charge in [0.1, 0.15) is 5.01 Å². The molecule has 2 atom stereocenters. The summed E-state index contributed by atoms with van der Waals surface area (Å²) < 4.78 is 0. The molecule has 0 aliphatic carbocycles. The molecule has 0 saturated heterocycles. The molecule has 1 aromatic heterocycles. The maximum absolute atomic E-state index is 11.9. The number of nitrogens with one attached hydrogen (secondary N) is 2. The molecule has 6 heteroatoms. The Morgan fingerprint density at radius 1 is 1.29 bits per heavy atom. The minimum absolute atomic E-state index is 0.138. The number of carbonyl (C=O) groups is 1. The quantitative estimate of drug-likeness (QED) is 0.810. The molecular weight excluding hydrogens is 286 g/mol. The first-order valence-electron chi connectivity index (χ1n) is 6.73. The van der Waals surface area contributed by atoms with E-state index in [0.717, 1.165) is 15.4 Å². The topological polar surface area (TPSA) is 74.2 Å². The van der Waals surface area contributed by atoms with Crippen LogP contribution in [0.2, 0.25) is 0 Å². The van der Waals surface area contributed by atoms with E-state index in [1.54, 1.807) is 48.7 Å². The molecule has 0 spiro atoms. The van der Waals surface area contributed by atoms with Crippen molar-refractivity contribution in [2.45, 2.75) is 32.9 Å². The van der Waals surface area contributed by atoms with E-state index >= 15 is 0 Å². The smallest absolute Gasteiger partial charge is 0.319 e. The molecule has 2 amide bonds. The van der Waals surface area contributed by atoms with Gasteiger partial charge in [0.2, 0.25) is 0 Å². The van der Waals surface area contributed by atoms with E-state index in [0.29, 0.717) is 5.69 Å². The molecular formula is C15H19N3O2S. The molecule has 0 aliphatic heterocycles. The molecule has 1 aromatic carbocycles. The van der Waals surface area contributed by atoms with Crippen LogP contribution in [-0.2, 0) is 0 Å². The zero-order chi connectivity index (χ0) is 15.4. The van der Waals surface area contributed by atoms with Crippen molar-refractivity contribution >= 4 is 23.1 Å². The lowest BCUT2D eigenvalue weighted by atomic mass is 10.1. The summed E-state index contributed by atoms with van der Waals surface area (Å²) in [5.74, 6) is 0. The number of hydrogen-bond acceptors (Lipinski definition) is 4. The van der Waals surface area contributed by atoms with Crippen molar-refractivity contribution in [3.63, 3.8) is 0 Å². The van der Waals surface area contributed by atoms with Crippen molar-refractivity contribution in [2.24, 2.45) is 0 Å². The van der Waals surface area contributed by atoms with Gasteiger partial charge in [0.15, 0.2) is 0 Å². The van der Waals surface area contributed by atoms with E-state index in [1.165, 1.54) is 0 Å². The Hall–Kier alpha value is -1.92. The average Bonchev–Trinajstić information content (AvgIpc) is 2.86. The van der Waals surface area contributed by atoms with E-state index in [2.05, 4.69) is 15.6 Å². The van der Waals surface area contributed by atoms with E-state index in [9.17, 15) is 9.90 Å². The Bertz CT molecular complexity index is 608. The first-order chi connectivity index (χ1) is 9.95. The van der Waals surface area contributed by atoms with Crippen molar-refractivity contribution in [1.29, 1.82) is 0 Å². The summed E-state index contributed by atoms with van der Waals surface area (Å²) in [4.78, 5) is 17.3. The molecule has 21 heavy (non-hydrogen) atoms. The highest BCUT2D eigenvalue weighted by atomic mass is 32.1.